The number of hydrogen-bond acceptors (Lipinski definition) is 1. The molecule has 0 unspecified atom stereocenters. The molecule has 0 aliphatic rings. The maximum absolute atomic E-state index is 5.45. The molecule has 107 heavy (non-hydrogen) atoms. The predicted octanol–water partition coefficient (Wildman–Crippen LogP) is 26.2. The van der Waals surface area contributed by atoms with Gasteiger partial charge in [0.15, 0.2) is 0 Å². The first-order valence-corrected chi connectivity index (χ1v) is 36.8. The molecule has 6 aromatic heterocycles. The van der Waals surface area contributed by atoms with Crippen molar-refractivity contribution in [2.75, 3.05) is 7.11 Å². The Kier molecular flexibility index (Phi) is 14.1. The van der Waals surface area contributed by atoms with Crippen LogP contribution < -0.4 is 4.74 Å². The van der Waals surface area contributed by atoms with Crippen LogP contribution in [0.3, 0.4) is 0 Å². The van der Waals surface area contributed by atoms with E-state index in [4.69, 9.17) is 4.74 Å². The van der Waals surface area contributed by atoms with Crippen LogP contribution in [0.15, 0.2) is 352 Å². The SMILES string of the molecule is COc1ccc(-n2c3ccccc3c3cc(-c4ccc5c(c4)c4ccccc4n5-c4cccc(-n5c6ccccc6c6ccccc65)c4)ccc32)cc1.Cc1cc(C)c(-n2c3ccccc3c3cc(-c4ccc5c(c4)c4ccccc4n5-c4cccc(-n5c6ccccc6c6ccccc65)c4)ccc32)c(C)c1. The topological polar surface area (TPSA) is 38.8 Å². The van der Waals surface area contributed by atoms with Gasteiger partial charge in [-0.1, -0.05) is 200 Å². The lowest BCUT2D eigenvalue weighted by atomic mass is 10.0. The third-order valence-corrected chi connectivity index (χ3v) is 22.4. The van der Waals surface area contributed by atoms with Crippen molar-refractivity contribution in [2.24, 2.45) is 0 Å². The fraction of sp³-hybridized carbons (Fsp3) is 0.0400. The Balaban J connectivity index is 0.000000137. The van der Waals surface area contributed by atoms with Gasteiger partial charge in [0.1, 0.15) is 5.75 Å². The highest BCUT2D eigenvalue weighted by molar-refractivity contribution is 6.16. The first kappa shape index (κ1) is 61.8. The number of aromatic nitrogens is 6. The Hall–Kier alpha value is -13.9. The van der Waals surface area contributed by atoms with Crippen molar-refractivity contribution in [1.82, 2.24) is 27.4 Å². The van der Waals surface area contributed by atoms with Crippen molar-refractivity contribution in [3.05, 3.63) is 369 Å². The highest BCUT2D eigenvalue weighted by atomic mass is 16.5. The lowest BCUT2D eigenvalue weighted by Gasteiger charge is -2.15. The number of rotatable bonds is 9. The molecular weight excluding hydrogens is 1300 g/mol. The summed E-state index contributed by atoms with van der Waals surface area (Å²) in [6, 6.07) is 129. The van der Waals surface area contributed by atoms with Crippen LogP contribution >= 0.6 is 0 Å². The van der Waals surface area contributed by atoms with Gasteiger partial charge in [-0.05, 0) is 212 Å². The molecule has 7 heteroatoms. The number of aryl methyl sites for hydroxylation is 3. The van der Waals surface area contributed by atoms with Crippen LogP contribution in [0.5, 0.6) is 5.75 Å². The van der Waals surface area contributed by atoms with Crippen molar-refractivity contribution in [3.8, 4) is 62.1 Å². The minimum atomic E-state index is 0.851. The molecule has 0 N–H and O–H groups in total. The summed E-state index contributed by atoms with van der Waals surface area (Å²) >= 11 is 0. The van der Waals surface area contributed by atoms with Gasteiger partial charge in [0.25, 0.3) is 0 Å². The number of methoxy groups -OCH3 is 1. The van der Waals surface area contributed by atoms with Crippen molar-refractivity contribution in [3.63, 3.8) is 0 Å². The van der Waals surface area contributed by atoms with Gasteiger partial charge in [0, 0.05) is 93.1 Å². The second-order valence-corrected chi connectivity index (χ2v) is 28.6. The Morgan fingerprint density at radius 3 is 0.701 bits per heavy atom. The Morgan fingerprint density at radius 1 is 0.187 bits per heavy atom. The molecule has 0 fully saturated rings. The number of ether oxygens (including phenoxy) is 1. The van der Waals surface area contributed by atoms with Gasteiger partial charge in [0.05, 0.1) is 79.0 Å². The molecule has 22 aromatic rings. The lowest BCUT2D eigenvalue weighted by Crippen LogP contribution is -2.00. The molecule has 0 amide bonds. The summed E-state index contributed by atoms with van der Waals surface area (Å²) in [5.41, 5.74) is 30.1. The van der Waals surface area contributed by atoms with Gasteiger partial charge >= 0.3 is 0 Å². The number of nitrogens with zero attached hydrogens (tertiary/aromatic N) is 6. The van der Waals surface area contributed by atoms with Gasteiger partial charge in [-0.15, -0.1) is 0 Å². The van der Waals surface area contributed by atoms with Gasteiger partial charge < -0.3 is 32.1 Å². The van der Waals surface area contributed by atoms with Crippen LogP contribution in [0.1, 0.15) is 16.7 Å². The van der Waals surface area contributed by atoms with Gasteiger partial charge in [0.2, 0.25) is 0 Å². The summed E-state index contributed by atoms with van der Waals surface area (Å²) in [6.07, 6.45) is 0. The third kappa shape index (κ3) is 9.67. The zero-order valence-electron chi connectivity index (χ0n) is 59.6. The molecule has 6 heterocycles. The summed E-state index contributed by atoms with van der Waals surface area (Å²) < 4.78 is 19.9. The minimum absolute atomic E-state index is 0.851. The van der Waals surface area contributed by atoms with Crippen molar-refractivity contribution in [2.45, 2.75) is 20.8 Å². The average Bonchev–Trinajstić information content (AvgIpc) is 1.60. The van der Waals surface area contributed by atoms with E-state index in [-0.39, 0.29) is 0 Å². The zero-order chi connectivity index (χ0) is 71.1. The van der Waals surface area contributed by atoms with Gasteiger partial charge in [-0.3, -0.25) is 0 Å². The number of benzene rings is 16. The maximum atomic E-state index is 5.45. The standard InChI is InChI=1S/C51H37N3.C49H33N3O/c1-32-27-33(2)51(34(3)28-32)54-48-22-11-7-18-42(48)44-30-36(24-26-50(44)54)35-23-25-49-43(29-35)41-17-6-10-21-47(41)53(49)38-14-12-13-37(31-38)52-45-19-8-4-15-39(45)40-16-5-9-20-46(40)52;1-53-37-25-23-34(24-26-37)50-46-19-8-4-15-40(46)42-29-32(21-27-48(42)50)33-22-28-49-43(30-33)41-16-5-9-20-47(41)52(49)36-12-10-11-35(31-36)51-44-17-6-2-13-38(44)39-14-3-7-18-45(39)51/h4-31H,1-3H3;2-31H,1H3. The smallest absolute Gasteiger partial charge is 0.119 e. The van der Waals surface area contributed by atoms with E-state index in [0.717, 1.165) is 34.2 Å². The lowest BCUT2D eigenvalue weighted by molar-refractivity contribution is 0.415. The second kappa shape index (κ2) is 24.4. The summed E-state index contributed by atoms with van der Waals surface area (Å²) in [7, 11) is 1.71. The quantitative estimate of drug-likeness (QED) is 0.142. The van der Waals surface area contributed by atoms with Crippen molar-refractivity contribution in [1.29, 1.82) is 0 Å². The van der Waals surface area contributed by atoms with E-state index in [1.54, 1.807) is 7.11 Å². The molecule has 7 nitrogen and oxygen atoms in total. The van der Waals surface area contributed by atoms with Crippen LogP contribution in [0.4, 0.5) is 0 Å². The fourth-order valence-electron chi connectivity index (χ4n) is 17.9. The molecule has 0 atom stereocenters. The highest BCUT2D eigenvalue weighted by Crippen LogP contribution is 2.44. The Labute approximate surface area is 617 Å². The average molecular weight is 1370 g/mol. The highest BCUT2D eigenvalue weighted by Gasteiger charge is 2.22. The Bertz CT molecular complexity index is 7280. The zero-order valence-corrected chi connectivity index (χ0v) is 59.6. The molecule has 0 spiro atoms. The van der Waals surface area contributed by atoms with Crippen LogP contribution in [0.25, 0.3) is 187 Å². The van der Waals surface area contributed by atoms with E-state index in [2.05, 4.69) is 388 Å². The fourth-order valence-corrected chi connectivity index (χ4v) is 17.9. The molecule has 16 aromatic carbocycles. The number of hydrogen-bond donors (Lipinski definition) is 0. The van der Waals surface area contributed by atoms with E-state index >= 15 is 0 Å². The van der Waals surface area contributed by atoms with Crippen molar-refractivity contribution < 1.29 is 4.74 Å². The predicted molar refractivity (Wildman–Crippen MR) is 451 cm³/mol. The number of fused-ring (bicyclic) bond motifs is 18. The van der Waals surface area contributed by atoms with E-state index in [0.29, 0.717) is 0 Å². The molecule has 0 saturated carbocycles. The Morgan fingerprint density at radius 2 is 0.421 bits per heavy atom. The number of para-hydroxylation sites is 8. The monoisotopic (exact) mass is 1370 g/mol. The summed E-state index contributed by atoms with van der Waals surface area (Å²) in [4.78, 5) is 0. The van der Waals surface area contributed by atoms with Gasteiger partial charge in [-0.25, -0.2) is 0 Å². The summed E-state index contributed by atoms with van der Waals surface area (Å²) in [5, 5.41) is 15.1. The normalized spacial score (nSPS) is 11.9. The van der Waals surface area contributed by atoms with Gasteiger partial charge in [-0.2, -0.15) is 0 Å². The van der Waals surface area contributed by atoms with E-state index < -0.39 is 0 Å². The van der Waals surface area contributed by atoms with Crippen LogP contribution in [0.2, 0.25) is 0 Å². The summed E-state index contributed by atoms with van der Waals surface area (Å²) in [6.45, 7) is 6.65. The first-order valence-electron chi connectivity index (χ1n) is 36.8. The van der Waals surface area contributed by atoms with E-state index in [1.807, 2.05) is 12.1 Å². The third-order valence-electron chi connectivity index (χ3n) is 22.4. The van der Waals surface area contributed by atoms with Crippen LogP contribution in [-0.2, 0) is 0 Å². The van der Waals surface area contributed by atoms with Crippen LogP contribution in [-0.4, -0.2) is 34.5 Å². The first-order chi connectivity index (χ1) is 52.8. The van der Waals surface area contributed by atoms with Crippen LogP contribution in [0, 0.1) is 20.8 Å². The largest absolute Gasteiger partial charge is 0.497 e. The molecule has 0 aliphatic carbocycles. The molecule has 0 bridgehead atoms. The molecular formula is C100H70N6O. The van der Waals surface area contributed by atoms with E-state index in [1.165, 1.54) is 175 Å². The second-order valence-electron chi connectivity index (χ2n) is 28.6. The maximum Gasteiger partial charge on any atom is 0.119 e. The molecule has 0 saturated heterocycles. The molecule has 22 rings (SSSR count). The molecule has 0 aliphatic heterocycles. The molecule has 506 valence electrons. The van der Waals surface area contributed by atoms with Crippen molar-refractivity contribution >= 4 is 131 Å². The minimum Gasteiger partial charge on any atom is -0.497 e. The molecule has 0 radical (unpaired) electrons. The summed E-state index contributed by atoms with van der Waals surface area (Å²) in [5.74, 6) is 0.851. The van der Waals surface area contributed by atoms with E-state index in [9.17, 15) is 0 Å².